The molecule has 2 amide bonds. The predicted octanol–water partition coefficient (Wildman–Crippen LogP) is 2.84. The summed E-state index contributed by atoms with van der Waals surface area (Å²) in [7, 11) is 0. The number of amides is 2. The van der Waals surface area contributed by atoms with E-state index in [4.69, 9.17) is 4.74 Å². The maximum absolute atomic E-state index is 12.6. The van der Waals surface area contributed by atoms with Crippen molar-refractivity contribution in [2.45, 2.75) is 26.8 Å². The minimum atomic E-state index is -0.474. The average Bonchev–Trinajstić information content (AvgIpc) is 3.08. The minimum absolute atomic E-state index is 0.122. The van der Waals surface area contributed by atoms with Crippen LogP contribution in [0.15, 0.2) is 48.5 Å². The third-order valence-corrected chi connectivity index (χ3v) is 4.74. The summed E-state index contributed by atoms with van der Waals surface area (Å²) in [5, 5.41) is 2.91. The molecule has 6 heteroatoms. The molecule has 0 spiro atoms. The van der Waals surface area contributed by atoms with Crippen molar-refractivity contribution in [1.82, 2.24) is 5.32 Å². The van der Waals surface area contributed by atoms with Crippen molar-refractivity contribution >= 4 is 23.5 Å². The molecule has 0 saturated carbocycles. The van der Waals surface area contributed by atoms with Gasteiger partial charge in [0.05, 0.1) is 23.8 Å². The first-order valence-corrected chi connectivity index (χ1v) is 9.39. The average molecular weight is 380 g/mol. The lowest BCUT2D eigenvalue weighted by Gasteiger charge is -2.19. The van der Waals surface area contributed by atoms with Crippen molar-refractivity contribution in [3.63, 3.8) is 0 Å². The number of rotatable bonds is 6. The number of para-hydroxylation sites is 1. The SMILES string of the molecule is CCOC(=O)c1ccccc1N1CC(C(=O)NCc2cccc(C)c2)CC1=O. The highest BCUT2D eigenvalue weighted by molar-refractivity contribution is 6.05. The van der Waals surface area contributed by atoms with Crippen molar-refractivity contribution in [3.8, 4) is 0 Å². The van der Waals surface area contributed by atoms with E-state index in [9.17, 15) is 14.4 Å². The highest BCUT2D eigenvalue weighted by atomic mass is 16.5. The molecule has 146 valence electrons. The highest BCUT2D eigenvalue weighted by Gasteiger charge is 2.36. The first-order valence-electron chi connectivity index (χ1n) is 9.39. The van der Waals surface area contributed by atoms with Gasteiger partial charge in [0, 0.05) is 19.5 Å². The second-order valence-corrected chi connectivity index (χ2v) is 6.85. The molecule has 1 unspecified atom stereocenters. The fourth-order valence-electron chi connectivity index (χ4n) is 3.36. The third kappa shape index (κ3) is 4.39. The standard InChI is InChI=1S/C22H24N2O4/c1-3-28-22(27)18-9-4-5-10-19(18)24-14-17(12-20(24)25)21(26)23-13-16-8-6-7-15(2)11-16/h4-11,17H,3,12-14H2,1-2H3,(H,23,26). The Morgan fingerprint density at radius 1 is 1.18 bits per heavy atom. The van der Waals surface area contributed by atoms with Gasteiger partial charge in [-0.3, -0.25) is 9.59 Å². The van der Waals surface area contributed by atoms with Crippen LogP contribution < -0.4 is 10.2 Å². The lowest BCUT2D eigenvalue weighted by molar-refractivity contribution is -0.126. The molecule has 0 aliphatic carbocycles. The van der Waals surface area contributed by atoms with E-state index < -0.39 is 11.9 Å². The van der Waals surface area contributed by atoms with Gasteiger partial charge in [-0.15, -0.1) is 0 Å². The third-order valence-electron chi connectivity index (χ3n) is 4.74. The molecule has 0 bridgehead atoms. The zero-order valence-electron chi connectivity index (χ0n) is 16.1. The molecule has 1 N–H and O–H groups in total. The van der Waals surface area contributed by atoms with Gasteiger partial charge in [0.2, 0.25) is 11.8 Å². The Morgan fingerprint density at radius 3 is 2.71 bits per heavy atom. The number of hydrogen-bond donors (Lipinski definition) is 1. The van der Waals surface area contributed by atoms with Crippen LogP contribution in [-0.2, 0) is 20.9 Å². The van der Waals surface area contributed by atoms with E-state index in [2.05, 4.69) is 5.32 Å². The van der Waals surface area contributed by atoms with Crippen molar-refractivity contribution in [3.05, 3.63) is 65.2 Å². The van der Waals surface area contributed by atoms with Crippen LogP contribution in [0.25, 0.3) is 0 Å². The molecule has 0 radical (unpaired) electrons. The topological polar surface area (TPSA) is 75.7 Å². The summed E-state index contributed by atoms with van der Waals surface area (Å²) < 4.78 is 5.08. The molecule has 1 aliphatic rings. The van der Waals surface area contributed by atoms with Gasteiger partial charge >= 0.3 is 5.97 Å². The monoisotopic (exact) mass is 380 g/mol. The molecule has 1 fully saturated rings. The zero-order valence-corrected chi connectivity index (χ0v) is 16.1. The van der Waals surface area contributed by atoms with Crippen molar-refractivity contribution < 1.29 is 19.1 Å². The van der Waals surface area contributed by atoms with Gasteiger partial charge in [0.1, 0.15) is 0 Å². The highest BCUT2D eigenvalue weighted by Crippen LogP contribution is 2.29. The number of carbonyl (C=O) groups excluding carboxylic acids is 3. The number of anilines is 1. The van der Waals surface area contributed by atoms with E-state index in [1.54, 1.807) is 31.2 Å². The molecule has 28 heavy (non-hydrogen) atoms. The smallest absolute Gasteiger partial charge is 0.340 e. The second kappa shape index (κ2) is 8.69. The van der Waals surface area contributed by atoms with Crippen LogP contribution in [0.5, 0.6) is 0 Å². The maximum atomic E-state index is 12.6. The van der Waals surface area contributed by atoms with Gasteiger partial charge in [-0.1, -0.05) is 42.0 Å². The maximum Gasteiger partial charge on any atom is 0.340 e. The number of esters is 1. The van der Waals surface area contributed by atoms with Gasteiger partial charge in [0.25, 0.3) is 0 Å². The van der Waals surface area contributed by atoms with Gasteiger partial charge in [-0.2, -0.15) is 0 Å². The molecule has 3 rings (SSSR count). The molecule has 2 aromatic rings. The second-order valence-electron chi connectivity index (χ2n) is 6.85. The summed E-state index contributed by atoms with van der Waals surface area (Å²) in [5.41, 5.74) is 2.96. The van der Waals surface area contributed by atoms with Crippen LogP contribution in [0.4, 0.5) is 5.69 Å². The Morgan fingerprint density at radius 2 is 1.96 bits per heavy atom. The Hall–Kier alpha value is -3.15. The van der Waals surface area contributed by atoms with Crippen LogP contribution in [0, 0.1) is 12.8 Å². The van der Waals surface area contributed by atoms with Crippen molar-refractivity contribution in [2.24, 2.45) is 5.92 Å². The normalized spacial score (nSPS) is 16.1. The fourth-order valence-corrected chi connectivity index (χ4v) is 3.36. The summed E-state index contributed by atoms with van der Waals surface area (Å²) in [5.74, 6) is -1.26. The molecular formula is C22H24N2O4. The summed E-state index contributed by atoms with van der Waals surface area (Å²) in [6.07, 6.45) is 0.122. The molecule has 1 heterocycles. The summed E-state index contributed by atoms with van der Waals surface area (Å²) in [6.45, 7) is 4.65. The van der Waals surface area contributed by atoms with Crippen LogP contribution in [-0.4, -0.2) is 30.9 Å². The van der Waals surface area contributed by atoms with Gasteiger partial charge in [0.15, 0.2) is 0 Å². The number of nitrogens with one attached hydrogen (secondary N) is 1. The quantitative estimate of drug-likeness (QED) is 0.782. The number of benzene rings is 2. The number of carbonyl (C=O) groups is 3. The largest absolute Gasteiger partial charge is 0.462 e. The Labute approximate surface area is 164 Å². The van der Waals surface area contributed by atoms with Gasteiger partial charge in [-0.05, 0) is 31.5 Å². The minimum Gasteiger partial charge on any atom is -0.462 e. The van der Waals surface area contributed by atoms with Gasteiger partial charge in [-0.25, -0.2) is 4.79 Å². The van der Waals surface area contributed by atoms with E-state index in [1.807, 2.05) is 31.2 Å². The first-order chi connectivity index (χ1) is 13.5. The summed E-state index contributed by atoms with van der Waals surface area (Å²) >= 11 is 0. The Kier molecular flexibility index (Phi) is 6.09. The summed E-state index contributed by atoms with van der Waals surface area (Å²) in [4.78, 5) is 38.8. The van der Waals surface area contributed by atoms with E-state index >= 15 is 0 Å². The molecule has 1 atom stereocenters. The number of nitrogens with zero attached hydrogens (tertiary/aromatic N) is 1. The molecule has 6 nitrogen and oxygen atoms in total. The van der Waals surface area contributed by atoms with Crippen molar-refractivity contribution in [1.29, 1.82) is 0 Å². The number of ether oxygens (including phenoxy) is 1. The van der Waals surface area contributed by atoms with Crippen LogP contribution in [0.3, 0.4) is 0 Å². The lowest BCUT2D eigenvalue weighted by atomic mass is 10.1. The zero-order chi connectivity index (χ0) is 20.1. The van der Waals surface area contributed by atoms with Crippen LogP contribution in [0.2, 0.25) is 0 Å². The molecular weight excluding hydrogens is 356 g/mol. The molecule has 1 saturated heterocycles. The van der Waals surface area contributed by atoms with E-state index in [-0.39, 0.29) is 31.4 Å². The summed E-state index contributed by atoms with van der Waals surface area (Å²) in [6, 6.07) is 14.7. The van der Waals surface area contributed by atoms with Crippen LogP contribution >= 0.6 is 0 Å². The molecule has 2 aromatic carbocycles. The fraction of sp³-hybridized carbons (Fsp3) is 0.318. The molecule has 1 aliphatic heterocycles. The number of aryl methyl sites for hydroxylation is 1. The van der Waals surface area contributed by atoms with E-state index in [1.165, 1.54) is 4.90 Å². The first kappa shape index (κ1) is 19.6. The van der Waals surface area contributed by atoms with Gasteiger partial charge < -0.3 is 15.0 Å². The Bertz CT molecular complexity index is 894. The predicted molar refractivity (Wildman–Crippen MR) is 106 cm³/mol. The lowest BCUT2D eigenvalue weighted by Crippen LogP contribution is -2.33. The van der Waals surface area contributed by atoms with E-state index in [0.29, 0.717) is 17.8 Å². The van der Waals surface area contributed by atoms with E-state index in [0.717, 1.165) is 11.1 Å². The van der Waals surface area contributed by atoms with Crippen molar-refractivity contribution in [2.75, 3.05) is 18.1 Å². The van der Waals surface area contributed by atoms with Crippen LogP contribution in [0.1, 0.15) is 34.8 Å². The Balaban J connectivity index is 1.68. The number of hydrogen-bond acceptors (Lipinski definition) is 4. The molecule has 0 aromatic heterocycles.